The molecule has 0 saturated heterocycles. The Bertz CT molecular complexity index is 1280. The standard InChI is InChI=1S/C22H19FN6O2/c1-14-12-20(30)26-22(25-14)27-24-13-19-15(2)28-29(17-6-4-3-5-7-17)21(19)31-18-10-8-16(23)9-11-18/h3-13H,1-2H3,(H2,25,26,27,30). The smallest absolute Gasteiger partial charge is 0.252 e. The van der Waals surface area contributed by atoms with Gasteiger partial charge in [-0.05, 0) is 50.2 Å². The first-order chi connectivity index (χ1) is 15.0. The van der Waals surface area contributed by atoms with Gasteiger partial charge in [0.05, 0.1) is 23.2 Å². The van der Waals surface area contributed by atoms with E-state index in [1.165, 1.54) is 36.5 Å². The van der Waals surface area contributed by atoms with Crippen LogP contribution in [0, 0.1) is 19.7 Å². The van der Waals surface area contributed by atoms with Gasteiger partial charge in [0.25, 0.3) is 5.56 Å². The Kier molecular flexibility index (Phi) is 5.57. The predicted octanol–water partition coefficient (Wildman–Crippen LogP) is 3.95. The molecule has 0 spiro atoms. The second-order valence-corrected chi connectivity index (χ2v) is 6.71. The lowest BCUT2D eigenvalue weighted by molar-refractivity contribution is 0.442. The van der Waals surface area contributed by atoms with Crippen LogP contribution in [-0.4, -0.2) is 26.0 Å². The van der Waals surface area contributed by atoms with Gasteiger partial charge < -0.3 is 4.74 Å². The fraction of sp³-hybridized carbons (Fsp3) is 0.0909. The minimum Gasteiger partial charge on any atom is -0.438 e. The molecule has 0 radical (unpaired) electrons. The van der Waals surface area contributed by atoms with Gasteiger partial charge in [-0.1, -0.05) is 18.2 Å². The number of aromatic nitrogens is 4. The summed E-state index contributed by atoms with van der Waals surface area (Å²) in [5, 5.41) is 8.75. The normalized spacial score (nSPS) is 11.1. The zero-order valence-corrected chi connectivity index (χ0v) is 16.8. The summed E-state index contributed by atoms with van der Waals surface area (Å²) in [6.07, 6.45) is 1.53. The predicted molar refractivity (Wildman–Crippen MR) is 116 cm³/mol. The quantitative estimate of drug-likeness (QED) is 0.365. The first-order valence-electron chi connectivity index (χ1n) is 9.45. The maximum Gasteiger partial charge on any atom is 0.252 e. The van der Waals surface area contributed by atoms with Gasteiger partial charge in [0.2, 0.25) is 11.8 Å². The van der Waals surface area contributed by atoms with Crippen molar-refractivity contribution in [3.8, 4) is 17.3 Å². The van der Waals surface area contributed by atoms with Crippen LogP contribution >= 0.6 is 0 Å². The summed E-state index contributed by atoms with van der Waals surface area (Å²) in [5.74, 6) is 0.721. The van der Waals surface area contributed by atoms with Crippen molar-refractivity contribution in [1.29, 1.82) is 0 Å². The van der Waals surface area contributed by atoms with Crippen molar-refractivity contribution in [3.63, 3.8) is 0 Å². The molecule has 2 aromatic heterocycles. The van der Waals surface area contributed by atoms with Crippen LogP contribution in [0.4, 0.5) is 10.3 Å². The number of benzene rings is 2. The lowest BCUT2D eigenvalue weighted by atomic mass is 10.2. The Balaban J connectivity index is 1.71. The fourth-order valence-corrected chi connectivity index (χ4v) is 2.91. The van der Waals surface area contributed by atoms with Crippen LogP contribution in [0.2, 0.25) is 0 Å². The third kappa shape index (κ3) is 4.67. The molecule has 0 amide bonds. The van der Waals surface area contributed by atoms with E-state index < -0.39 is 0 Å². The van der Waals surface area contributed by atoms with E-state index in [0.29, 0.717) is 28.6 Å². The van der Waals surface area contributed by atoms with Crippen molar-refractivity contribution in [2.24, 2.45) is 5.10 Å². The molecule has 0 fully saturated rings. The average Bonchev–Trinajstić information content (AvgIpc) is 3.05. The number of aryl methyl sites for hydroxylation is 2. The summed E-state index contributed by atoms with van der Waals surface area (Å²) in [6.45, 7) is 3.54. The van der Waals surface area contributed by atoms with Gasteiger partial charge in [0.1, 0.15) is 11.6 Å². The number of hydrogen-bond acceptors (Lipinski definition) is 6. The Morgan fingerprint density at radius 2 is 1.87 bits per heavy atom. The second kappa shape index (κ2) is 8.62. The number of nitrogens with zero attached hydrogens (tertiary/aromatic N) is 4. The van der Waals surface area contributed by atoms with E-state index in [0.717, 1.165) is 5.69 Å². The first kappa shape index (κ1) is 20.0. The Morgan fingerprint density at radius 3 is 2.58 bits per heavy atom. The number of para-hydroxylation sites is 1. The highest BCUT2D eigenvalue weighted by Gasteiger charge is 2.18. The molecule has 2 heterocycles. The summed E-state index contributed by atoms with van der Waals surface area (Å²) < 4.78 is 21.0. The van der Waals surface area contributed by atoms with Gasteiger partial charge in [-0.3, -0.25) is 9.78 Å². The van der Waals surface area contributed by atoms with Crippen LogP contribution in [0.25, 0.3) is 5.69 Å². The van der Waals surface area contributed by atoms with Crippen LogP contribution in [0.1, 0.15) is 17.0 Å². The number of hydrazone groups is 1. The number of halogens is 1. The van der Waals surface area contributed by atoms with Crippen molar-refractivity contribution in [1.82, 2.24) is 19.7 Å². The highest BCUT2D eigenvalue weighted by molar-refractivity contribution is 5.85. The van der Waals surface area contributed by atoms with Crippen molar-refractivity contribution >= 4 is 12.2 Å². The number of ether oxygens (including phenoxy) is 1. The third-order valence-electron chi connectivity index (χ3n) is 4.33. The number of hydrogen-bond donors (Lipinski definition) is 2. The molecule has 2 N–H and O–H groups in total. The maximum atomic E-state index is 13.3. The number of H-pyrrole nitrogens is 1. The molecular weight excluding hydrogens is 399 g/mol. The molecule has 4 rings (SSSR count). The minimum absolute atomic E-state index is 0.218. The van der Waals surface area contributed by atoms with Gasteiger partial charge >= 0.3 is 0 Å². The number of aromatic amines is 1. The molecule has 0 atom stereocenters. The highest BCUT2D eigenvalue weighted by Crippen LogP contribution is 2.29. The molecule has 8 nitrogen and oxygen atoms in total. The molecule has 156 valence electrons. The lowest BCUT2D eigenvalue weighted by Gasteiger charge is -2.10. The number of anilines is 1. The van der Waals surface area contributed by atoms with Crippen molar-refractivity contribution in [2.75, 3.05) is 5.43 Å². The number of rotatable bonds is 6. The molecule has 0 unspecified atom stereocenters. The molecule has 2 aromatic carbocycles. The monoisotopic (exact) mass is 418 g/mol. The second-order valence-electron chi connectivity index (χ2n) is 6.71. The number of nitrogens with one attached hydrogen (secondary N) is 2. The summed E-state index contributed by atoms with van der Waals surface area (Å²) in [7, 11) is 0. The van der Waals surface area contributed by atoms with Gasteiger partial charge in [-0.25, -0.2) is 14.8 Å². The molecular formula is C22H19FN6O2. The summed E-state index contributed by atoms with van der Waals surface area (Å²) >= 11 is 0. The summed E-state index contributed by atoms with van der Waals surface area (Å²) in [6, 6.07) is 16.6. The molecule has 31 heavy (non-hydrogen) atoms. The van der Waals surface area contributed by atoms with E-state index in [-0.39, 0.29) is 17.3 Å². The zero-order valence-electron chi connectivity index (χ0n) is 16.8. The van der Waals surface area contributed by atoms with Crippen LogP contribution < -0.4 is 15.7 Å². The summed E-state index contributed by atoms with van der Waals surface area (Å²) in [4.78, 5) is 18.3. The zero-order chi connectivity index (χ0) is 21.8. The first-order valence-corrected chi connectivity index (χ1v) is 9.45. The SMILES string of the molecule is Cc1cc(=O)[nH]c(NN=Cc2c(C)nn(-c3ccccc3)c2Oc2ccc(F)cc2)n1. The lowest BCUT2D eigenvalue weighted by Crippen LogP contribution is -2.10. The van der Waals surface area contributed by atoms with Gasteiger partial charge in [-0.2, -0.15) is 14.9 Å². The topological polar surface area (TPSA) is 97.2 Å². The fourth-order valence-electron chi connectivity index (χ4n) is 2.91. The van der Waals surface area contributed by atoms with Gasteiger partial charge in [-0.15, -0.1) is 0 Å². The highest BCUT2D eigenvalue weighted by atomic mass is 19.1. The largest absolute Gasteiger partial charge is 0.438 e. The third-order valence-corrected chi connectivity index (χ3v) is 4.33. The molecule has 0 bridgehead atoms. The van der Waals surface area contributed by atoms with Crippen molar-refractivity contribution in [2.45, 2.75) is 13.8 Å². The van der Waals surface area contributed by atoms with E-state index in [4.69, 9.17) is 4.74 Å². The van der Waals surface area contributed by atoms with Crippen molar-refractivity contribution < 1.29 is 9.13 Å². The molecule has 0 aliphatic rings. The van der Waals surface area contributed by atoms with E-state index in [9.17, 15) is 9.18 Å². The minimum atomic E-state index is -0.356. The van der Waals surface area contributed by atoms with Crippen molar-refractivity contribution in [3.05, 3.63) is 93.8 Å². The van der Waals surface area contributed by atoms with E-state index in [1.807, 2.05) is 37.3 Å². The Morgan fingerprint density at radius 1 is 1.13 bits per heavy atom. The van der Waals surface area contributed by atoms with Crippen LogP contribution in [0.15, 0.2) is 70.6 Å². The average molecular weight is 418 g/mol. The Hall–Kier alpha value is -4.27. The van der Waals surface area contributed by atoms with Crippen LogP contribution in [-0.2, 0) is 0 Å². The molecule has 0 saturated carbocycles. The van der Waals surface area contributed by atoms with E-state index >= 15 is 0 Å². The molecule has 0 aliphatic carbocycles. The van der Waals surface area contributed by atoms with Crippen LogP contribution in [0.5, 0.6) is 11.6 Å². The van der Waals surface area contributed by atoms with E-state index in [2.05, 4.69) is 25.6 Å². The van der Waals surface area contributed by atoms with Gasteiger partial charge in [0.15, 0.2) is 0 Å². The van der Waals surface area contributed by atoms with E-state index in [1.54, 1.807) is 11.6 Å². The van der Waals surface area contributed by atoms with Crippen LogP contribution in [0.3, 0.4) is 0 Å². The molecule has 9 heteroatoms. The molecule has 4 aromatic rings. The Labute approximate surface area is 177 Å². The summed E-state index contributed by atoms with van der Waals surface area (Å²) in [5.41, 5.74) is 5.06. The molecule has 0 aliphatic heterocycles. The maximum absolute atomic E-state index is 13.3. The van der Waals surface area contributed by atoms with Gasteiger partial charge in [0, 0.05) is 11.8 Å².